The van der Waals surface area contributed by atoms with Gasteiger partial charge in [-0.3, -0.25) is 4.79 Å². The first kappa shape index (κ1) is 20.8. The van der Waals surface area contributed by atoms with Crippen molar-refractivity contribution in [1.82, 2.24) is 0 Å². The van der Waals surface area contributed by atoms with Gasteiger partial charge < -0.3 is 14.2 Å². The second-order valence-corrected chi connectivity index (χ2v) is 8.23. The van der Waals surface area contributed by atoms with Crippen molar-refractivity contribution < 1.29 is 23.8 Å². The maximum Gasteiger partial charge on any atom is 0.343 e. The first-order valence-corrected chi connectivity index (χ1v) is 10.3. The molecule has 0 spiro atoms. The molecule has 28 heavy (non-hydrogen) atoms. The second-order valence-electron chi connectivity index (χ2n) is 5.72. The van der Waals surface area contributed by atoms with Crippen molar-refractivity contribution in [2.45, 2.75) is 6.92 Å². The lowest BCUT2D eigenvalue weighted by Crippen LogP contribution is -2.04. The van der Waals surface area contributed by atoms with Gasteiger partial charge in [0, 0.05) is 21.4 Å². The molecule has 2 aromatic carbocycles. The number of hydrogen-bond acceptors (Lipinski definition) is 5. The van der Waals surface area contributed by atoms with Crippen molar-refractivity contribution in [3.05, 3.63) is 66.5 Å². The zero-order valence-corrected chi connectivity index (χ0v) is 19.5. The Bertz CT molecular complexity index is 1020. The Labute approximate surface area is 186 Å². The average molecular weight is 573 g/mol. The Morgan fingerprint density at radius 3 is 2.39 bits per heavy atom. The molecular weight excluding hydrogens is 560 g/mol. The Kier molecular flexibility index (Phi) is 6.42. The van der Waals surface area contributed by atoms with E-state index in [9.17, 15) is 9.59 Å². The fourth-order valence-electron chi connectivity index (χ4n) is 2.51. The predicted octanol–water partition coefficient (Wildman–Crippen LogP) is 5.89. The van der Waals surface area contributed by atoms with Crippen LogP contribution in [0.15, 0.2) is 55.4 Å². The summed E-state index contributed by atoms with van der Waals surface area (Å²) in [6, 6.07) is 9.13. The number of hydrogen-bond donors (Lipinski definition) is 0. The molecule has 0 fully saturated rings. The van der Waals surface area contributed by atoms with E-state index in [1.165, 1.54) is 14.0 Å². The van der Waals surface area contributed by atoms with Crippen molar-refractivity contribution in [2.75, 3.05) is 7.11 Å². The van der Waals surface area contributed by atoms with E-state index >= 15 is 0 Å². The second kappa shape index (κ2) is 8.63. The number of ether oxygens (including phenoxy) is 3. The van der Waals surface area contributed by atoms with Gasteiger partial charge in [0.05, 0.1) is 17.2 Å². The van der Waals surface area contributed by atoms with Gasteiger partial charge in [-0.2, -0.15) is 0 Å². The number of carbonyl (C=O) groups excluding carboxylic acids is 2. The van der Waals surface area contributed by atoms with E-state index in [4.69, 9.17) is 14.2 Å². The molecule has 0 unspecified atom stereocenters. The van der Waals surface area contributed by atoms with Crippen molar-refractivity contribution >= 4 is 71.6 Å². The smallest absolute Gasteiger partial charge is 0.343 e. The molecule has 0 atom stereocenters. The zero-order valence-electron chi connectivity index (χ0n) is 14.7. The van der Waals surface area contributed by atoms with Gasteiger partial charge >= 0.3 is 11.9 Å². The molecule has 0 radical (unpaired) electrons. The molecule has 0 N–H and O–H groups in total. The van der Waals surface area contributed by atoms with Crippen molar-refractivity contribution in [3.63, 3.8) is 0 Å². The summed E-state index contributed by atoms with van der Waals surface area (Å²) in [5.74, 6) is 0.148. The number of rotatable bonds is 4. The monoisotopic (exact) mass is 570 g/mol. The average Bonchev–Trinajstić information content (AvgIpc) is 3.02. The Morgan fingerprint density at radius 1 is 1.11 bits per heavy atom. The summed E-state index contributed by atoms with van der Waals surface area (Å²) < 4.78 is 18.0. The van der Waals surface area contributed by atoms with Gasteiger partial charge in [0.15, 0.2) is 11.5 Å². The van der Waals surface area contributed by atoms with Gasteiger partial charge in [0.1, 0.15) is 5.76 Å². The third-order valence-corrected chi connectivity index (χ3v) is 6.46. The molecule has 2 aromatic rings. The van der Waals surface area contributed by atoms with Crippen LogP contribution in [0, 0.1) is 0 Å². The van der Waals surface area contributed by atoms with E-state index in [0.717, 1.165) is 10.0 Å². The summed E-state index contributed by atoms with van der Waals surface area (Å²) in [5, 5.41) is 0. The lowest BCUT2D eigenvalue weighted by molar-refractivity contribution is -0.132. The van der Waals surface area contributed by atoms with Crippen molar-refractivity contribution in [1.29, 1.82) is 0 Å². The minimum atomic E-state index is -0.474. The number of esters is 2. The predicted molar refractivity (Wildman–Crippen MR) is 116 cm³/mol. The van der Waals surface area contributed by atoms with Gasteiger partial charge in [-0.15, -0.1) is 0 Å². The maximum atomic E-state index is 12.3. The summed E-state index contributed by atoms with van der Waals surface area (Å²) in [6.07, 6.45) is 3.35. The van der Waals surface area contributed by atoms with Crippen LogP contribution in [0.5, 0.6) is 11.5 Å². The number of cyclic esters (lactones) is 1. The minimum Gasteiger partial charge on any atom is -0.493 e. The highest BCUT2D eigenvalue weighted by Crippen LogP contribution is 2.44. The largest absolute Gasteiger partial charge is 0.493 e. The van der Waals surface area contributed by atoms with Crippen LogP contribution in [0.25, 0.3) is 11.8 Å². The molecule has 5 nitrogen and oxygen atoms in total. The van der Waals surface area contributed by atoms with Gasteiger partial charge in [-0.25, -0.2) is 4.79 Å². The standard InChI is InChI=1S/C20H13Br3O5/c1-10(24)27-19-16(26-2)8-12(17(22)18(19)23)7-13-9-15(28-20(13)25)11-3-5-14(21)6-4-11/h3-9H,1-2H3/b13-7+. The van der Waals surface area contributed by atoms with Crippen LogP contribution in [0.1, 0.15) is 18.1 Å². The summed E-state index contributed by atoms with van der Waals surface area (Å²) in [6.45, 7) is 1.30. The SMILES string of the molecule is COc1cc(/C=C2\C=C(c3ccc(Br)cc3)OC2=O)c(Br)c(Br)c1OC(C)=O. The number of carbonyl (C=O) groups is 2. The van der Waals surface area contributed by atoms with Crippen LogP contribution in [0.3, 0.4) is 0 Å². The lowest BCUT2D eigenvalue weighted by atomic mass is 10.1. The first-order chi connectivity index (χ1) is 13.3. The fourth-order valence-corrected chi connectivity index (χ4v) is 3.69. The molecule has 1 heterocycles. The zero-order chi connectivity index (χ0) is 20.4. The summed E-state index contributed by atoms with van der Waals surface area (Å²) in [5.41, 5.74) is 1.83. The lowest BCUT2D eigenvalue weighted by Gasteiger charge is -2.13. The van der Waals surface area contributed by atoms with Crippen molar-refractivity contribution in [2.24, 2.45) is 0 Å². The molecule has 3 rings (SSSR count). The van der Waals surface area contributed by atoms with Gasteiger partial charge in [-0.05, 0) is 67.8 Å². The molecule has 0 aliphatic carbocycles. The van der Waals surface area contributed by atoms with E-state index in [1.807, 2.05) is 24.3 Å². The molecule has 0 aromatic heterocycles. The van der Waals surface area contributed by atoms with Gasteiger partial charge in [0.25, 0.3) is 0 Å². The van der Waals surface area contributed by atoms with Crippen molar-refractivity contribution in [3.8, 4) is 11.5 Å². The van der Waals surface area contributed by atoms with E-state index in [1.54, 1.807) is 18.2 Å². The molecule has 8 heteroatoms. The normalized spacial score (nSPS) is 14.7. The molecule has 0 saturated heterocycles. The van der Waals surface area contributed by atoms with Gasteiger partial charge in [-0.1, -0.05) is 28.1 Å². The molecule has 144 valence electrons. The highest BCUT2D eigenvalue weighted by atomic mass is 79.9. The molecule has 0 bridgehead atoms. The summed E-state index contributed by atoms with van der Waals surface area (Å²) in [7, 11) is 1.47. The number of benzene rings is 2. The maximum absolute atomic E-state index is 12.3. The van der Waals surface area contributed by atoms with E-state index in [0.29, 0.717) is 31.6 Å². The minimum absolute atomic E-state index is 0.254. The summed E-state index contributed by atoms with van der Waals surface area (Å²) in [4.78, 5) is 23.7. The highest BCUT2D eigenvalue weighted by Gasteiger charge is 2.24. The number of halogens is 3. The van der Waals surface area contributed by atoms with Gasteiger partial charge in [0.2, 0.25) is 0 Å². The number of methoxy groups -OCH3 is 1. The van der Waals surface area contributed by atoms with E-state index in [2.05, 4.69) is 47.8 Å². The molecule has 1 aliphatic rings. The molecule has 1 aliphatic heterocycles. The van der Waals surface area contributed by atoms with Crippen LogP contribution in [0.4, 0.5) is 0 Å². The van der Waals surface area contributed by atoms with Crippen LogP contribution in [-0.4, -0.2) is 19.0 Å². The van der Waals surface area contributed by atoms with Crippen LogP contribution < -0.4 is 9.47 Å². The third-order valence-electron chi connectivity index (χ3n) is 3.79. The highest BCUT2D eigenvalue weighted by molar-refractivity contribution is 9.13. The third kappa shape index (κ3) is 4.39. The Morgan fingerprint density at radius 2 is 1.79 bits per heavy atom. The quantitative estimate of drug-likeness (QED) is 0.260. The van der Waals surface area contributed by atoms with Crippen LogP contribution >= 0.6 is 47.8 Å². The van der Waals surface area contributed by atoms with Crippen LogP contribution in [-0.2, 0) is 14.3 Å². The molecular formula is C20H13Br3O5. The Balaban J connectivity index is 2.03. The summed E-state index contributed by atoms with van der Waals surface area (Å²) >= 11 is 10.2. The topological polar surface area (TPSA) is 61.8 Å². The van der Waals surface area contributed by atoms with Crippen LogP contribution in [0.2, 0.25) is 0 Å². The van der Waals surface area contributed by atoms with E-state index < -0.39 is 11.9 Å². The first-order valence-electron chi connectivity index (χ1n) is 7.96. The molecule has 0 saturated carbocycles. The Hall–Kier alpha value is -1.90. The fraction of sp³-hybridized carbons (Fsp3) is 0.100. The van der Waals surface area contributed by atoms with E-state index in [-0.39, 0.29) is 5.75 Å². The molecule has 0 amide bonds.